The van der Waals surface area contributed by atoms with Crippen LogP contribution in [0.3, 0.4) is 0 Å². The van der Waals surface area contributed by atoms with Gasteiger partial charge in [-0.05, 0) is 46.6 Å². The summed E-state index contributed by atoms with van der Waals surface area (Å²) < 4.78 is 9.87. The molecule has 5 nitrogen and oxygen atoms in total. The van der Waals surface area contributed by atoms with E-state index in [9.17, 15) is 14.4 Å². The maximum Gasteiger partial charge on any atom is 0.375 e. The topological polar surface area (TPSA) is 69.7 Å². The van der Waals surface area contributed by atoms with E-state index < -0.39 is 28.7 Å². The Balaban J connectivity index is 3.16. The molecule has 1 atom stereocenters. The largest absolute Gasteiger partial charge is 0.463 e. The minimum absolute atomic E-state index is 0.199. The second kappa shape index (κ2) is 8.10. The molecule has 0 amide bonds. The fourth-order valence-corrected chi connectivity index (χ4v) is 2.58. The van der Waals surface area contributed by atoms with Crippen LogP contribution in [0.4, 0.5) is 0 Å². The van der Waals surface area contributed by atoms with Gasteiger partial charge < -0.3 is 9.47 Å². The third-order valence-electron chi connectivity index (χ3n) is 3.69. The maximum absolute atomic E-state index is 12.6. The summed E-state index contributed by atoms with van der Waals surface area (Å²) in [5.41, 5.74) is -0.407. The second-order valence-corrected chi connectivity index (χ2v) is 7.22. The summed E-state index contributed by atoms with van der Waals surface area (Å²) in [6, 6.07) is 8.98. The molecule has 1 aromatic rings. The Morgan fingerprint density at radius 2 is 1.60 bits per heavy atom. The molecule has 25 heavy (non-hydrogen) atoms. The van der Waals surface area contributed by atoms with Gasteiger partial charge in [0.15, 0.2) is 0 Å². The van der Waals surface area contributed by atoms with Gasteiger partial charge in [-0.3, -0.25) is 4.79 Å². The Bertz CT molecular complexity index is 667. The van der Waals surface area contributed by atoms with Crippen LogP contribution in [0.5, 0.6) is 0 Å². The third-order valence-corrected chi connectivity index (χ3v) is 3.69. The number of allylic oxidation sites excluding steroid dienone is 1. The molecule has 0 aliphatic carbocycles. The van der Waals surface area contributed by atoms with E-state index >= 15 is 0 Å². The number of ether oxygens (including phenoxy) is 2. The number of Topliss-reactive ketones (excluding diaryl/α,β-unsaturated/α-hetero) is 1. The number of rotatable bonds is 6. The van der Waals surface area contributed by atoms with Crippen LogP contribution in [0, 0.1) is 0 Å². The van der Waals surface area contributed by atoms with Crippen LogP contribution in [0.25, 0.3) is 0 Å². The predicted octanol–water partition coefficient (Wildman–Crippen LogP) is 3.36. The van der Waals surface area contributed by atoms with Crippen molar-refractivity contribution in [3.8, 4) is 0 Å². The first-order valence-electron chi connectivity index (χ1n) is 8.08. The van der Waals surface area contributed by atoms with Crippen LogP contribution in [-0.2, 0) is 29.3 Å². The molecule has 0 radical (unpaired) electrons. The van der Waals surface area contributed by atoms with Gasteiger partial charge in [0.25, 0.3) is 5.78 Å². The molecule has 0 saturated heterocycles. The fourth-order valence-electron chi connectivity index (χ4n) is 2.58. The van der Waals surface area contributed by atoms with E-state index in [1.807, 2.05) is 6.07 Å². The summed E-state index contributed by atoms with van der Waals surface area (Å²) >= 11 is 0. The number of hydrogen-bond acceptors (Lipinski definition) is 5. The van der Waals surface area contributed by atoms with Crippen LogP contribution >= 0.6 is 0 Å². The first-order valence-corrected chi connectivity index (χ1v) is 8.08. The molecule has 0 heterocycles. The monoisotopic (exact) mass is 346 g/mol. The Labute approximate surface area is 149 Å². The highest BCUT2D eigenvalue weighted by Crippen LogP contribution is 2.32. The Hall–Kier alpha value is -2.43. The van der Waals surface area contributed by atoms with E-state index in [0.29, 0.717) is 11.1 Å². The standard InChI is InChI=1S/C20H26O5/c1-14(12-16(21)25-19(2,3)4)13-20(5,17(22)18(23)24-6)15-10-8-7-9-11-15/h7-12H,13H2,1-6H3/b14-12+. The predicted molar refractivity (Wildman–Crippen MR) is 95.0 cm³/mol. The minimum Gasteiger partial charge on any atom is -0.463 e. The Morgan fingerprint density at radius 1 is 1.04 bits per heavy atom. The zero-order valence-electron chi connectivity index (χ0n) is 15.7. The van der Waals surface area contributed by atoms with Crippen LogP contribution in [-0.4, -0.2) is 30.4 Å². The van der Waals surface area contributed by atoms with E-state index in [1.54, 1.807) is 58.9 Å². The second-order valence-electron chi connectivity index (χ2n) is 7.22. The highest BCUT2D eigenvalue weighted by molar-refractivity contribution is 6.37. The van der Waals surface area contributed by atoms with Crippen LogP contribution in [0.2, 0.25) is 0 Å². The van der Waals surface area contributed by atoms with Gasteiger partial charge in [0.05, 0.1) is 12.5 Å². The molecule has 136 valence electrons. The van der Waals surface area contributed by atoms with Gasteiger partial charge in [0.2, 0.25) is 0 Å². The Morgan fingerprint density at radius 3 is 2.08 bits per heavy atom. The van der Waals surface area contributed by atoms with Crippen molar-refractivity contribution in [3.63, 3.8) is 0 Å². The van der Waals surface area contributed by atoms with Crippen molar-refractivity contribution < 1.29 is 23.9 Å². The number of esters is 2. The average molecular weight is 346 g/mol. The van der Waals surface area contributed by atoms with Crippen molar-refractivity contribution in [3.05, 3.63) is 47.5 Å². The molecule has 0 aliphatic heterocycles. The van der Waals surface area contributed by atoms with Crippen molar-refractivity contribution in [2.75, 3.05) is 7.11 Å². The lowest BCUT2D eigenvalue weighted by atomic mass is 9.74. The molecule has 1 unspecified atom stereocenters. The fraction of sp³-hybridized carbons (Fsp3) is 0.450. The molecule has 1 rings (SSSR count). The molecule has 0 bridgehead atoms. The smallest absolute Gasteiger partial charge is 0.375 e. The first kappa shape index (κ1) is 20.6. The first-order chi connectivity index (χ1) is 11.5. The van der Waals surface area contributed by atoms with Crippen molar-refractivity contribution in [1.82, 2.24) is 0 Å². The number of benzene rings is 1. The van der Waals surface area contributed by atoms with Gasteiger partial charge in [0.1, 0.15) is 5.60 Å². The SMILES string of the molecule is COC(=O)C(=O)C(C)(C/C(C)=C/C(=O)OC(C)(C)C)c1ccccc1. The molecule has 0 fully saturated rings. The highest BCUT2D eigenvalue weighted by Gasteiger charge is 2.40. The van der Waals surface area contributed by atoms with Gasteiger partial charge in [-0.2, -0.15) is 0 Å². The van der Waals surface area contributed by atoms with E-state index in [2.05, 4.69) is 4.74 Å². The van der Waals surface area contributed by atoms with E-state index in [1.165, 1.54) is 13.2 Å². The number of ketones is 1. The van der Waals surface area contributed by atoms with Gasteiger partial charge in [-0.1, -0.05) is 35.9 Å². The molecule has 0 saturated carbocycles. The van der Waals surface area contributed by atoms with Gasteiger partial charge >= 0.3 is 11.9 Å². The number of carbonyl (C=O) groups is 3. The van der Waals surface area contributed by atoms with Crippen LogP contribution < -0.4 is 0 Å². The molecule has 1 aromatic carbocycles. The molecular formula is C20H26O5. The normalized spacial score (nSPS) is 14.4. The number of hydrogen-bond donors (Lipinski definition) is 0. The van der Waals surface area contributed by atoms with Gasteiger partial charge in [-0.15, -0.1) is 0 Å². The summed E-state index contributed by atoms with van der Waals surface area (Å²) in [5.74, 6) is -2.04. The van der Waals surface area contributed by atoms with E-state index in [0.717, 1.165) is 0 Å². The van der Waals surface area contributed by atoms with E-state index in [-0.39, 0.29) is 6.42 Å². The quantitative estimate of drug-likeness (QED) is 0.449. The third kappa shape index (κ3) is 5.85. The van der Waals surface area contributed by atoms with Crippen LogP contribution in [0.1, 0.15) is 46.6 Å². The van der Waals surface area contributed by atoms with Crippen LogP contribution in [0.15, 0.2) is 42.0 Å². The summed E-state index contributed by atoms with van der Waals surface area (Å²) in [6.45, 7) is 8.75. The zero-order valence-corrected chi connectivity index (χ0v) is 15.7. The summed E-state index contributed by atoms with van der Waals surface area (Å²) in [4.78, 5) is 36.4. The van der Waals surface area contributed by atoms with Crippen molar-refractivity contribution >= 4 is 17.7 Å². The average Bonchev–Trinajstić information content (AvgIpc) is 2.51. The van der Waals surface area contributed by atoms with Gasteiger partial charge in [-0.25, -0.2) is 9.59 Å². The number of methoxy groups -OCH3 is 1. The highest BCUT2D eigenvalue weighted by atomic mass is 16.6. The number of carbonyl (C=O) groups excluding carboxylic acids is 3. The van der Waals surface area contributed by atoms with Gasteiger partial charge in [0, 0.05) is 6.08 Å². The van der Waals surface area contributed by atoms with Crippen molar-refractivity contribution in [2.24, 2.45) is 0 Å². The lowest BCUT2D eigenvalue weighted by Crippen LogP contribution is -2.39. The molecular weight excluding hydrogens is 320 g/mol. The molecule has 0 aliphatic rings. The van der Waals surface area contributed by atoms with Crippen molar-refractivity contribution in [1.29, 1.82) is 0 Å². The lowest BCUT2D eigenvalue weighted by Gasteiger charge is -2.28. The molecule has 0 spiro atoms. The van der Waals surface area contributed by atoms with Crippen molar-refractivity contribution in [2.45, 2.75) is 52.1 Å². The summed E-state index contributed by atoms with van der Waals surface area (Å²) in [5, 5.41) is 0. The molecule has 5 heteroatoms. The summed E-state index contributed by atoms with van der Waals surface area (Å²) in [7, 11) is 1.18. The minimum atomic E-state index is -1.13. The maximum atomic E-state index is 12.6. The summed E-state index contributed by atoms with van der Waals surface area (Å²) in [6.07, 6.45) is 1.56. The molecule has 0 aromatic heterocycles. The Kier molecular flexibility index (Phi) is 6.68. The molecule has 0 N–H and O–H groups in total. The zero-order chi connectivity index (χ0) is 19.3. The van der Waals surface area contributed by atoms with E-state index in [4.69, 9.17) is 4.74 Å². The lowest BCUT2D eigenvalue weighted by molar-refractivity contribution is -0.154.